The zero-order valence-corrected chi connectivity index (χ0v) is 34.9. The molecule has 0 heterocycles. The molecule has 322 valence electrons. The van der Waals surface area contributed by atoms with Crippen LogP contribution in [0.2, 0.25) is 0 Å². The van der Waals surface area contributed by atoms with E-state index in [1.54, 1.807) is 0 Å². The Morgan fingerprint density at radius 1 is 0.519 bits per heavy atom. The molecular weight excluding hydrogens is 715 g/mol. The molecule has 0 bridgehead atoms. The number of aliphatic hydroxyl groups excluding tert-OH is 5. The quantitative estimate of drug-likeness (QED) is 0.0201. The number of hydrogen-bond donors (Lipinski definition) is 6. The van der Waals surface area contributed by atoms with Crippen molar-refractivity contribution in [2.24, 2.45) is 0 Å². The first-order valence-electron chi connectivity index (χ1n) is 21.9. The van der Waals surface area contributed by atoms with Crippen molar-refractivity contribution in [2.75, 3.05) is 19.8 Å². The van der Waals surface area contributed by atoms with E-state index in [9.17, 15) is 39.8 Å². The molecule has 0 aromatic heterocycles. The number of unbranched alkanes of at least 4 members (excludes halogenated alkanes) is 25. The van der Waals surface area contributed by atoms with Crippen LogP contribution in [0.1, 0.15) is 194 Å². The number of hydrogen-bond acceptors (Lipinski definition) is 11. The second kappa shape index (κ2) is 33.3. The van der Waals surface area contributed by atoms with E-state index in [0.717, 1.165) is 38.5 Å². The highest BCUT2D eigenvalue weighted by atomic mass is 31.2. The van der Waals surface area contributed by atoms with Gasteiger partial charge < -0.3 is 39.9 Å². The van der Waals surface area contributed by atoms with Crippen molar-refractivity contribution in [3.63, 3.8) is 0 Å². The molecule has 6 atom stereocenters. The first kappa shape index (κ1) is 51.4. The van der Waals surface area contributed by atoms with Crippen LogP contribution in [0.4, 0.5) is 0 Å². The molecule has 0 amide bonds. The lowest BCUT2D eigenvalue weighted by Gasteiger charge is -2.41. The molecule has 1 aliphatic carbocycles. The number of carbonyl (C=O) groups is 1. The Hall–Kier alpha value is -0.660. The van der Waals surface area contributed by atoms with Gasteiger partial charge in [-0.1, -0.05) is 174 Å². The van der Waals surface area contributed by atoms with Gasteiger partial charge in [0.25, 0.3) is 0 Å². The van der Waals surface area contributed by atoms with Gasteiger partial charge in [-0.3, -0.25) is 13.8 Å². The fraction of sp³-hybridized carbons (Fsp3) is 0.976. The molecule has 1 rings (SSSR count). The summed E-state index contributed by atoms with van der Waals surface area (Å²) in [5, 5.41) is 50.0. The first-order valence-corrected chi connectivity index (χ1v) is 23.4. The maximum Gasteiger partial charge on any atom is 0.472 e. The Morgan fingerprint density at radius 3 is 1.28 bits per heavy atom. The van der Waals surface area contributed by atoms with Gasteiger partial charge in [0.1, 0.15) is 42.7 Å². The first-order chi connectivity index (χ1) is 26.0. The van der Waals surface area contributed by atoms with E-state index in [-0.39, 0.29) is 13.0 Å². The molecule has 0 aliphatic heterocycles. The molecule has 1 saturated carbocycles. The Labute approximate surface area is 327 Å². The fourth-order valence-electron chi connectivity index (χ4n) is 6.94. The van der Waals surface area contributed by atoms with Gasteiger partial charge in [-0.05, 0) is 12.8 Å². The Bertz CT molecular complexity index is 911. The van der Waals surface area contributed by atoms with Gasteiger partial charge in [0.15, 0.2) is 0 Å². The van der Waals surface area contributed by atoms with Crippen molar-refractivity contribution in [3.05, 3.63) is 0 Å². The summed E-state index contributed by atoms with van der Waals surface area (Å²) in [6.07, 6.45) is 20.4. The van der Waals surface area contributed by atoms with Crippen molar-refractivity contribution < 1.29 is 58.3 Å². The van der Waals surface area contributed by atoms with Gasteiger partial charge in [0.2, 0.25) is 0 Å². The van der Waals surface area contributed by atoms with Crippen LogP contribution >= 0.6 is 7.82 Å². The summed E-state index contributed by atoms with van der Waals surface area (Å²) in [6, 6.07) is 0. The molecular formula is C41H81O12P. The van der Waals surface area contributed by atoms with E-state index in [0.29, 0.717) is 13.0 Å². The van der Waals surface area contributed by atoms with Crippen molar-refractivity contribution >= 4 is 13.8 Å². The Kier molecular flexibility index (Phi) is 31.7. The van der Waals surface area contributed by atoms with Gasteiger partial charge >= 0.3 is 13.8 Å². The van der Waals surface area contributed by atoms with Gasteiger partial charge in [0, 0.05) is 13.0 Å². The lowest BCUT2D eigenvalue weighted by molar-refractivity contribution is -0.220. The van der Waals surface area contributed by atoms with Crippen LogP contribution in [0, 0.1) is 0 Å². The summed E-state index contributed by atoms with van der Waals surface area (Å²) in [5.74, 6) is -0.475. The summed E-state index contributed by atoms with van der Waals surface area (Å²) in [5.41, 5.74) is 0. The SMILES string of the molecule is CCCCCCCCCCCCCCCCCCCOCC(COP(=O)(O)OC1C(O)C(O)C(O)C(O)C1O)OC(=O)CCCCCCCCCCCC. The number of esters is 1. The molecule has 0 aromatic rings. The largest absolute Gasteiger partial charge is 0.472 e. The number of ether oxygens (including phenoxy) is 2. The van der Waals surface area contributed by atoms with Crippen LogP contribution in [-0.4, -0.2) is 98.9 Å². The van der Waals surface area contributed by atoms with Crippen LogP contribution < -0.4 is 0 Å². The molecule has 54 heavy (non-hydrogen) atoms. The highest BCUT2D eigenvalue weighted by Gasteiger charge is 2.51. The maximum absolute atomic E-state index is 12.8. The molecule has 13 heteroatoms. The normalized spacial score (nSPS) is 23.3. The maximum atomic E-state index is 12.8. The van der Waals surface area contributed by atoms with Crippen LogP contribution in [0.15, 0.2) is 0 Å². The minimum atomic E-state index is -5.00. The minimum Gasteiger partial charge on any atom is -0.457 e. The van der Waals surface area contributed by atoms with Gasteiger partial charge in [-0.25, -0.2) is 4.57 Å². The molecule has 0 radical (unpaired) electrons. The molecule has 0 spiro atoms. The van der Waals surface area contributed by atoms with E-state index in [1.807, 2.05) is 0 Å². The lowest BCUT2D eigenvalue weighted by atomic mass is 9.85. The molecule has 6 unspecified atom stereocenters. The number of phosphoric ester groups is 1. The van der Waals surface area contributed by atoms with Crippen molar-refractivity contribution in [1.82, 2.24) is 0 Å². The monoisotopic (exact) mass is 797 g/mol. The molecule has 0 aromatic carbocycles. The zero-order chi connectivity index (χ0) is 39.9. The highest BCUT2D eigenvalue weighted by molar-refractivity contribution is 7.47. The second-order valence-electron chi connectivity index (χ2n) is 15.6. The van der Waals surface area contributed by atoms with Gasteiger partial charge in [-0.2, -0.15) is 0 Å². The minimum absolute atomic E-state index is 0.0685. The van der Waals surface area contributed by atoms with Gasteiger partial charge in [0.05, 0.1) is 13.2 Å². The van der Waals surface area contributed by atoms with E-state index >= 15 is 0 Å². The smallest absolute Gasteiger partial charge is 0.457 e. The van der Waals surface area contributed by atoms with Crippen molar-refractivity contribution in [3.8, 4) is 0 Å². The lowest BCUT2D eigenvalue weighted by Crippen LogP contribution is -2.64. The third kappa shape index (κ3) is 25.6. The summed E-state index contributed by atoms with van der Waals surface area (Å²) in [6.45, 7) is 4.26. The van der Waals surface area contributed by atoms with Gasteiger partial charge in [-0.15, -0.1) is 0 Å². The third-order valence-corrected chi connectivity index (χ3v) is 11.5. The molecule has 12 nitrogen and oxygen atoms in total. The average Bonchev–Trinajstić information content (AvgIpc) is 3.15. The average molecular weight is 797 g/mol. The number of carbonyl (C=O) groups excluding carboxylic acids is 1. The van der Waals surface area contributed by atoms with Crippen LogP contribution in [0.25, 0.3) is 0 Å². The zero-order valence-electron chi connectivity index (χ0n) is 34.0. The van der Waals surface area contributed by atoms with E-state index in [4.69, 9.17) is 18.5 Å². The molecule has 1 aliphatic rings. The van der Waals surface area contributed by atoms with E-state index in [1.165, 1.54) is 128 Å². The van der Waals surface area contributed by atoms with Crippen LogP contribution in [-0.2, 0) is 27.9 Å². The van der Waals surface area contributed by atoms with Crippen LogP contribution in [0.3, 0.4) is 0 Å². The summed E-state index contributed by atoms with van der Waals surface area (Å²) < 4.78 is 34.1. The Morgan fingerprint density at radius 2 is 0.870 bits per heavy atom. The number of rotatable bonds is 37. The standard InChI is InChI=1S/C41H81O12P/c1-3-5-7-9-11-13-15-16-17-18-19-20-21-23-25-27-29-31-50-32-34(52-35(42)30-28-26-24-22-14-12-10-8-6-4-2)33-51-54(48,49)53-41-39(46)37(44)36(43)38(45)40(41)47/h34,36-41,43-47H,3-33H2,1-2H3,(H,48,49). The Balaban J connectivity index is 2.37. The number of phosphoric acid groups is 1. The van der Waals surface area contributed by atoms with E-state index in [2.05, 4.69) is 13.8 Å². The topological polar surface area (TPSA) is 192 Å². The summed E-state index contributed by atoms with van der Waals surface area (Å²) in [4.78, 5) is 23.0. The summed E-state index contributed by atoms with van der Waals surface area (Å²) >= 11 is 0. The van der Waals surface area contributed by atoms with Crippen molar-refractivity contribution in [1.29, 1.82) is 0 Å². The highest BCUT2D eigenvalue weighted by Crippen LogP contribution is 2.47. The molecule has 0 saturated heterocycles. The molecule has 6 N–H and O–H groups in total. The van der Waals surface area contributed by atoms with E-state index < -0.39 is 63.1 Å². The predicted octanol–water partition coefficient (Wildman–Crippen LogP) is 8.20. The van der Waals surface area contributed by atoms with Crippen LogP contribution in [0.5, 0.6) is 0 Å². The number of aliphatic hydroxyl groups is 5. The second-order valence-corrected chi connectivity index (χ2v) is 17.0. The van der Waals surface area contributed by atoms with Crippen molar-refractivity contribution in [2.45, 2.75) is 236 Å². The summed E-state index contributed by atoms with van der Waals surface area (Å²) in [7, 11) is -5.00. The molecule has 1 fully saturated rings. The predicted molar refractivity (Wildman–Crippen MR) is 212 cm³/mol. The fourth-order valence-corrected chi connectivity index (χ4v) is 7.92. The third-order valence-electron chi connectivity index (χ3n) is 10.5.